The number of anilines is 1. The Bertz CT molecular complexity index is 712. The van der Waals surface area contributed by atoms with Gasteiger partial charge in [-0.15, -0.1) is 0 Å². The number of hydrogen-bond acceptors (Lipinski definition) is 4. The summed E-state index contributed by atoms with van der Waals surface area (Å²) in [5.41, 5.74) is 3.53. The summed E-state index contributed by atoms with van der Waals surface area (Å²) in [6.07, 6.45) is 3.56. The lowest BCUT2D eigenvalue weighted by Crippen LogP contribution is -2.32. The maximum absolute atomic E-state index is 11.7. The monoisotopic (exact) mass is 339 g/mol. The second kappa shape index (κ2) is 9.87. The van der Waals surface area contributed by atoms with E-state index in [1.165, 1.54) is 6.21 Å². The van der Waals surface area contributed by atoms with Gasteiger partial charge >= 0.3 is 11.8 Å². The van der Waals surface area contributed by atoms with Crippen LogP contribution in [0.5, 0.6) is 5.75 Å². The number of para-hydroxylation sites is 1. The highest BCUT2D eigenvalue weighted by atomic mass is 16.5. The minimum absolute atomic E-state index is 0.547. The smallest absolute Gasteiger partial charge is 0.329 e. The Balaban J connectivity index is 1.79. The third-order valence-electron chi connectivity index (χ3n) is 3.26. The van der Waals surface area contributed by atoms with E-state index in [-0.39, 0.29) is 0 Å². The van der Waals surface area contributed by atoms with Crippen LogP contribution in [-0.2, 0) is 9.59 Å². The Hall–Kier alpha value is -3.15. The number of carbonyl (C=O) groups excluding carboxylic acids is 2. The van der Waals surface area contributed by atoms with Crippen molar-refractivity contribution < 1.29 is 14.3 Å². The number of ether oxygens (including phenoxy) is 1. The fourth-order valence-corrected chi connectivity index (χ4v) is 1.91. The molecule has 130 valence electrons. The Morgan fingerprint density at radius 2 is 1.76 bits per heavy atom. The van der Waals surface area contributed by atoms with E-state index in [0.717, 1.165) is 24.2 Å². The summed E-state index contributed by atoms with van der Waals surface area (Å²) in [7, 11) is 0. The van der Waals surface area contributed by atoms with E-state index in [0.29, 0.717) is 12.3 Å². The van der Waals surface area contributed by atoms with E-state index in [9.17, 15) is 9.59 Å². The van der Waals surface area contributed by atoms with Gasteiger partial charge in [0.1, 0.15) is 5.75 Å². The number of benzene rings is 2. The van der Waals surface area contributed by atoms with E-state index >= 15 is 0 Å². The van der Waals surface area contributed by atoms with Crippen molar-refractivity contribution in [2.24, 2.45) is 5.10 Å². The molecule has 0 aliphatic heterocycles. The van der Waals surface area contributed by atoms with Gasteiger partial charge in [-0.1, -0.05) is 31.5 Å². The van der Waals surface area contributed by atoms with Crippen LogP contribution in [0.4, 0.5) is 5.69 Å². The van der Waals surface area contributed by atoms with Gasteiger partial charge in [-0.25, -0.2) is 5.43 Å². The Kier molecular flexibility index (Phi) is 7.18. The maximum Gasteiger partial charge on any atom is 0.329 e. The Labute approximate surface area is 146 Å². The average Bonchev–Trinajstić information content (AvgIpc) is 2.64. The number of rotatable bonds is 7. The van der Waals surface area contributed by atoms with Crippen molar-refractivity contribution in [3.63, 3.8) is 0 Å². The molecule has 0 radical (unpaired) electrons. The lowest BCUT2D eigenvalue weighted by atomic mass is 10.2. The first-order valence-electron chi connectivity index (χ1n) is 8.11. The third-order valence-corrected chi connectivity index (χ3v) is 3.26. The molecule has 2 amide bonds. The molecule has 2 rings (SSSR count). The van der Waals surface area contributed by atoms with Crippen LogP contribution in [0.25, 0.3) is 0 Å². The lowest BCUT2D eigenvalue weighted by Gasteiger charge is -2.05. The van der Waals surface area contributed by atoms with Gasteiger partial charge in [0.2, 0.25) is 0 Å². The molecule has 0 aliphatic rings. The molecule has 0 atom stereocenters. The zero-order valence-electron chi connectivity index (χ0n) is 14.1. The molecule has 0 unspecified atom stereocenters. The molecular weight excluding hydrogens is 318 g/mol. The minimum atomic E-state index is -0.834. The van der Waals surface area contributed by atoms with E-state index in [4.69, 9.17) is 4.74 Å². The molecule has 0 saturated carbocycles. The fraction of sp³-hybridized carbons (Fsp3) is 0.211. The maximum atomic E-state index is 11.7. The molecule has 25 heavy (non-hydrogen) atoms. The largest absolute Gasteiger partial charge is 0.494 e. The summed E-state index contributed by atoms with van der Waals surface area (Å²) in [6.45, 7) is 2.80. The quantitative estimate of drug-likeness (QED) is 0.352. The van der Waals surface area contributed by atoms with Crippen molar-refractivity contribution >= 4 is 23.7 Å². The van der Waals surface area contributed by atoms with Crippen molar-refractivity contribution in [1.82, 2.24) is 5.43 Å². The number of hydrogen-bond donors (Lipinski definition) is 2. The number of carbonyl (C=O) groups is 2. The molecule has 6 nitrogen and oxygen atoms in total. The summed E-state index contributed by atoms with van der Waals surface area (Å²) >= 11 is 0. The van der Waals surface area contributed by atoms with E-state index in [2.05, 4.69) is 22.8 Å². The van der Waals surface area contributed by atoms with Crippen LogP contribution >= 0.6 is 0 Å². The molecule has 6 heteroatoms. The van der Waals surface area contributed by atoms with Crippen LogP contribution in [0.15, 0.2) is 59.7 Å². The molecule has 2 N–H and O–H groups in total. The summed E-state index contributed by atoms with van der Waals surface area (Å²) < 4.78 is 5.56. The highest BCUT2D eigenvalue weighted by Crippen LogP contribution is 2.11. The third kappa shape index (κ3) is 6.47. The second-order valence-electron chi connectivity index (χ2n) is 5.29. The average molecular weight is 339 g/mol. The highest BCUT2D eigenvalue weighted by Gasteiger charge is 2.12. The zero-order chi connectivity index (χ0) is 17.9. The molecule has 0 saturated heterocycles. The number of hydrazone groups is 1. The van der Waals surface area contributed by atoms with Gasteiger partial charge in [-0.05, 0) is 48.4 Å². The zero-order valence-corrected chi connectivity index (χ0v) is 14.1. The number of unbranched alkanes of at least 4 members (excludes halogenated alkanes) is 1. The lowest BCUT2D eigenvalue weighted by molar-refractivity contribution is -0.136. The molecule has 2 aromatic rings. The van der Waals surface area contributed by atoms with Crippen LogP contribution in [0.2, 0.25) is 0 Å². The summed E-state index contributed by atoms with van der Waals surface area (Å²) in [4.78, 5) is 23.4. The van der Waals surface area contributed by atoms with Gasteiger partial charge in [0, 0.05) is 5.69 Å². The van der Waals surface area contributed by atoms with Crippen LogP contribution < -0.4 is 15.5 Å². The summed E-state index contributed by atoms with van der Waals surface area (Å²) in [6, 6.07) is 16.0. The first-order chi connectivity index (χ1) is 12.2. The first kappa shape index (κ1) is 18.2. The van der Waals surface area contributed by atoms with Crippen LogP contribution in [-0.4, -0.2) is 24.6 Å². The Morgan fingerprint density at radius 3 is 2.44 bits per heavy atom. The van der Waals surface area contributed by atoms with Crippen molar-refractivity contribution in [3.05, 3.63) is 60.2 Å². The molecule has 0 fully saturated rings. The van der Waals surface area contributed by atoms with E-state index < -0.39 is 11.8 Å². The molecule has 2 aromatic carbocycles. The molecule has 0 aromatic heterocycles. The predicted molar refractivity (Wildman–Crippen MR) is 97.7 cm³/mol. The number of amides is 2. The van der Waals surface area contributed by atoms with Crippen molar-refractivity contribution in [3.8, 4) is 5.75 Å². The van der Waals surface area contributed by atoms with Crippen molar-refractivity contribution in [2.45, 2.75) is 19.8 Å². The van der Waals surface area contributed by atoms with Crippen molar-refractivity contribution in [1.29, 1.82) is 0 Å². The van der Waals surface area contributed by atoms with Crippen LogP contribution in [0, 0.1) is 0 Å². The van der Waals surface area contributed by atoms with Gasteiger partial charge in [-0.2, -0.15) is 5.10 Å². The molecule has 0 bridgehead atoms. The number of nitrogens with one attached hydrogen (secondary N) is 2. The Morgan fingerprint density at radius 1 is 1.04 bits per heavy atom. The van der Waals surface area contributed by atoms with E-state index in [1.807, 2.05) is 30.3 Å². The van der Waals surface area contributed by atoms with Gasteiger partial charge in [0.15, 0.2) is 0 Å². The fourth-order valence-electron chi connectivity index (χ4n) is 1.91. The van der Waals surface area contributed by atoms with E-state index in [1.54, 1.807) is 24.3 Å². The van der Waals surface area contributed by atoms with Gasteiger partial charge in [0.05, 0.1) is 12.8 Å². The van der Waals surface area contributed by atoms with Gasteiger partial charge in [-0.3, -0.25) is 9.59 Å². The summed E-state index contributed by atoms with van der Waals surface area (Å²) in [5.74, 6) is -0.820. The van der Waals surface area contributed by atoms with Crippen molar-refractivity contribution in [2.75, 3.05) is 11.9 Å². The summed E-state index contributed by atoms with van der Waals surface area (Å²) in [5, 5.41) is 6.26. The van der Waals surface area contributed by atoms with Crippen LogP contribution in [0.1, 0.15) is 25.3 Å². The SMILES string of the molecule is CCCCOc1ccc(/C=N\NC(=O)C(=O)Nc2ccccc2)cc1. The van der Waals surface area contributed by atoms with Gasteiger partial charge < -0.3 is 10.1 Å². The second-order valence-corrected chi connectivity index (χ2v) is 5.29. The molecular formula is C19H21N3O3. The topological polar surface area (TPSA) is 79.8 Å². The van der Waals surface area contributed by atoms with Crippen LogP contribution in [0.3, 0.4) is 0 Å². The molecule has 0 aliphatic carbocycles. The number of nitrogens with zero attached hydrogens (tertiary/aromatic N) is 1. The molecule has 0 heterocycles. The standard InChI is InChI=1S/C19H21N3O3/c1-2-3-13-25-17-11-9-15(10-12-17)14-20-22-19(24)18(23)21-16-7-5-4-6-8-16/h4-12,14H,2-3,13H2,1H3,(H,21,23)(H,22,24)/b20-14-. The minimum Gasteiger partial charge on any atom is -0.494 e. The molecule has 0 spiro atoms. The highest BCUT2D eigenvalue weighted by molar-refractivity contribution is 6.39. The first-order valence-corrected chi connectivity index (χ1v) is 8.11. The normalized spacial score (nSPS) is 10.4. The van der Waals surface area contributed by atoms with Gasteiger partial charge in [0.25, 0.3) is 0 Å². The predicted octanol–water partition coefficient (Wildman–Crippen LogP) is 2.95.